The number of carbonyl (C=O) groups is 2. The smallest absolute Gasteiger partial charge is 0.226 e. The largest absolute Gasteiger partial charge is 0.441 e. The SMILES string of the molecule is Cc1oc(-c2ccccc2)nc1CC(=O)N[C@@H]1CC[C@H](C(=O)NC2CC2)C[C@H]1O. The molecule has 1 heterocycles. The summed E-state index contributed by atoms with van der Waals surface area (Å²) in [5.74, 6) is 0.757. The highest BCUT2D eigenvalue weighted by Crippen LogP contribution is 2.27. The molecule has 154 valence electrons. The number of aliphatic hydroxyl groups excluding tert-OH is 1. The van der Waals surface area contributed by atoms with Crippen molar-refractivity contribution in [2.75, 3.05) is 0 Å². The van der Waals surface area contributed by atoms with Crippen molar-refractivity contribution in [1.29, 1.82) is 0 Å². The van der Waals surface area contributed by atoms with Crippen LogP contribution in [0.2, 0.25) is 0 Å². The van der Waals surface area contributed by atoms with Crippen molar-refractivity contribution in [3.63, 3.8) is 0 Å². The molecule has 3 atom stereocenters. The zero-order valence-electron chi connectivity index (χ0n) is 16.6. The van der Waals surface area contributed by atoms with Crippen LogP contribution in [0, 0.1) is 12.8 Å². The first-order valence-electron chi connectivity index (χ1n) is 10.3. The summed E-state index contributed by atoms with van der Waals surface area (Å²) in [7, 11) is 0. The Bertz CT molecular complexity index is 875. The molecule has 0 bridgehead atoms. The van der Waals surface area contributed by atoms with Crippen molar-refractivity contribution in [3.05, 3.63) is 41.8 Å². The fourth-order valence-electron chi connectivity index (χ4n) is 3.81. The first-order chi connectivity index (χ1) is 14.0. The fourth-order valence-corrected chi connectivity index (χ4v) is 3.81. The van der Waals surface area contributed by atoms with Crippen molar-refractivity contribution in [3.8, 4) is 11.5 Å². The summed E-state index contributed by atoms with van der Waals surface area (Å²) in [6.07, 6.45) is 3.10. The van der Waals surface area contributed by atoms with E-state index in [0.29, 0.717) is 42.6 Å². The van der Waals surface area contributed by atoms with E-state index in [1.54, 1.807) is 6.92 Å². The van der Waals surface area contributed by atoms with Gasteiger partial charge in [-0.25, -0.2) is 4.98 Å². The number of aromatic nitrogens is 1. The highest BCUT2D eigenvalue weighted by Gasteiger charge is 2.35. The van der Waals surface area contributed by atoms with Crippen LogP contribution in [0.4, 0.5) is 0 Å². The zero-order chi connectivity index (χ0) is 20.4. The number of hydrogen-bond donors (Lipinski definition) is 3. The number of carbonyl (C=O) groups excluding carboxylic acids is 2. The molecule has 2 saturated carbocycles. The minimum absolute atomic E-state index is 0.0305. The lowest BCUT2D eigenvalue weighted by atomic mass is 9.83. The average Bonchev–Trinajstić information content (AvgIpc) is 3.45. The van der Waals surface area contributed by atoms with Gasteiger partial charge in [0.15, 0.2) is 0 Å². The molecule has 29 heavy (non-hydrogen) atoms. The summed E-state index contributed by atoms with van der Waals surface area (Å²) in [6.45, 7) is 1.79. The summed E-state index contributed by atoms with van der Waals surface area (Å²) in [5, 5.41) is 16.3. The minimum atomic E-state index is -0.721. The molecule has 2 fully saturated rings. The van der Waals surface area contributed by atoms with E-state index in [4.69, 9.17) is 4.42 Å². The number of nitrogens with one attached hydrogen (secondary N) is 2. The molecular formula is C22H27N3O4. The van der Waals surface area contributed by atoms with Gasteiger partial charge in [0.05, 0.1) is 24.3 Å². The molecule has 0 spiro atoms. The van der Waals surface area contributed by atoms with Gasteiger partial charge in [0.25, 0.3) is 0 Å². The van der Waals surface area contributed by atoms with Crippen LogP contribution in [0.3, 0.4) is 0 Å². The molecule has 3 N–H and O–H groups in total. The zero-order valence-corrected chi connectivity index (χ0v) is 16.6. The molecular weight excluding hydrogens is 370 g/mol. The second-order valence-electron chi connectivity index (χ2n) is 8.10. The summed E-state index contributed by atoms with van der Waals surface area (Å²) in [5.41, 5.74) is 1.45. The molecule has 0 aliphatic heterocycles. The molecule has 2 aromatic rings. The number of aryl methyl sites for hydroxylation is 1. The van der Waals surface area contributed by atoms with Gasteiger partial charge in [-0.3, -0.25) is 9.59 Å². The maximum Gasteiger partial charge on any atom is 0.226 e. The molecule has 1 aromatic heterocycles. The molecule has 0 unspecified atom stereocenters. The predicted octanol–water partition coefficient (Wildman–Crippen LogP) is 2.12. The number of rotatable bonds is 6. The maximum absolute atomic E-state index is 12.5. The topological polar surface area (TPSA) is 104 Å². The Hall–Kier alpha value is -2.67. The number of hydrogen-bond acceptors (Lipinski definition) is 5. The number of benzene rings is 1. The highest BCUT2D eigenvalue weighted by atomic mass is 16.4. The van der Waals surface area contributed by atoms with E-state index in [1.807, 2.05) is 30.3 Å². The quantitative estimate of drug-likeness (QED) is 0.693. The van der Waals surface area contributed by atoms with Crippen molar-refractivity contribution in [2.45, 2.75) is 63.6 Å². The normalized spacial score (nSPS) is 24.1. The molecule has 2 aliphatic carbocycles. The van der Waals surface area contributed by atoms with Crippen LogP contribution < -0.4 is 10.6 Å². The second kappa shape index (κ2) is 8.37. The van der Waals surface area contributed by atoms with Crippen LogP contribution in [-0.4, -0.2) is 40.1 Å². The predicted molar refractivity (Wildman–Crippen MR) is 107 cm³/mol. The van der Waals surface area contributed by atoms with E-state index in [1.165, 1.54) is 0 Å². The summed E-state index contributed by atoms with van der Waals surface area (Å²) in [6, 6.07) is 9.53. The number of aliphatic hydroxyl groups is 1. The summed E-state index contributed by atoms with van der Waals surface area (Å²) >= 11 is 0. The Morgan fingerprint density at radius 3 is 2.59 bits per heavy atom. The van der Waals surface area contributed by atoms with Gasteiger partial charge in [-0.1, -0.05) is 18.2 Å². The van der Waals surface area contributed by atoms with Gasteiger partial charge in [-0.05, 0) is 51.2 Å². The monoisotopic (exact) mass is 397 g/mol. The molecule has 2 aliphatic rings. The Kier molecular flexibility index (Phi) is 5.67. The molecule has 2 amide bonds. The van der Waals surface area contributed by atoms with Crippen LogP contribution in [0.15, 0.2) is 34.7 Å². The number of amides is 2. The second-order valence-corrected chi connectivity index (χ2v) is 8.10. The van der Waals surface area contributed by atoms with Crippen molar-refractivity contribution in [2.24, 2.45) is 5.92 Å². The van der Waals surface area contributed by atoms with E-state index in [9.17, 15) is 14.7 Å². The van der Waals surface area contributed by atoms with Crippen molar-refractivity contribution < 1.29 is 19.1 Å². The minimum Gasteiger partial charge on any atom is -0.441 e. The highest BCUT2D eigenvalue weighted by molar-refractivity contribution is 5.80. The van der Waals surface area contributed by atoms with Gasteiger partial charge in [0, 0.05) is 17.5 Å². The van der Waals surface area contributed by atoms with Crippen LogP contribution in [-0.2, 0) is 16.0 Å². The molecule has 7 nitrogen and oxygen atoms in total. The molecule has 1 aromatic carbocycles. The Morgan fingerprint density at radius 1 is 1.14 bits per heavy atom. The lowest BCUT2D eigenvalue weighted by Gasteiger charge is -2.33. The van der Waals surface area contributed by atoms with Crippen LogP contribution in [0.25, 0.3) is 11.5 Å². The third kappa shape index (κ3) is 4.85. The van der Waals surface area contributed by atoms with Crippen LogP contribution >= 0.6 is 0 Å². The number of nitrogens with zero attached hydrogens (tertiary/aromatic N) is 1. The third-order valence-electron chi connectivity index (χ3n) is 5.70. The molecule has 7 heteroatoms. The summed E-state index contributed by atoms with van der Waals surface area (Å²) in [4.78, 5) is 29.2. The van der Waals surface area contributed by atoms with Gasteiger partial charge in [-0.15, -0.1) is 0 Å². The average molecular weight is 397 g/mol. The fraction of sp³-hybridized carbons (Fsp3) is 0.500. The third-order valence-corrected chi connectivity index (χ3v) is 5.70. The Labute approximate surface area is 169 Å². The van der Waals surface area contributed by atoms with E-state index in [2.05, 4.69) is 15.6 Å². The van der Waals surface area contributed by atoms with Gasteiger partial charge in [0.1, 0.15) is 5.76 Å². The first-order valence-corrected chi connectivity index (χ1v) is 10.3. The summed E-state index contributed by atoms with van der Waals surface area (Å²) < 4.78 is 5.70. The van der Waals surface area contributed by atoms with Gasteiger partial charge in [0.2, 0.25) is 17.7 Å². The first kappa shape index (κ1) is 19.6. The lowest BCUT2D eigenvalue weighted by Crippen LogP contribution is -2.49. The Balaban J connectivity index is 1.31. The molecule has 0 saturated heterocycles. The van der Waals surface area contributed by atoms with Crippen molar-refractivity contribution in [1.82, 2.24) is 15.6 Å². The van der Waals surface area contributed by atoms with Gasteiger partial charge >= 0.3 is 0 Å². The van der Waals surface area contributed by atoms with E-state index in [0.717, 1.165) is 18.4 Å². The molecule has 0 radical (unpaired) electrons. The standard InChI is InChI=1S/C22H27N3O4/c1-13-18(25-22(29-13)14-5-3-2-4-6-14)12-20(27)24-17-10-7-15(11-19(17)26)21(28)23-16-8-9-16/h2-6,15-17,19,26H,7-12H2,1H3,(H,23,28)(H,24,27)/t15-,17+,19+/m0/s1. The van der Waals surface area contributed by atoms with Crippen molar-refractivity contribution >= 4 is 11.8 Å². The van der Waals surface area contributed by atoms with E-state index in [-0.39, 0.29) is 30.2 Å². The Morgan fingerprint density at radius 2 is 1.90 bits per heavy atom. The van der Waals surface area contributed by atoms with E-state index >= 15 is 0 Å². The number of oxazole rings is 1. The van der Waals surface area contributed by atoms with Crippen LogP contribution in [0.1, 0.15) is 43.6 Å². The molecule has 4 rings (SSSR count). The van der Waals surface area contributed by atoms with E-state index < -0.39 is 6.10 Å². The van der Waals surface area contributed by atoms with Crippen LogP contribution in [0.5, 0.6) is 0 Å². The lowest BCUT2D eigenvalue weighted by molar-refractivity contribution is -0.128. The van der Waals surface area contributed by atoms with Gasteiger partial charge in [-0.2, -0.15) is 0 Å². The maximum atomic E-state index is 12.5. The van der Waals surface area contributed by atoms with Gasteiger partial charge < -0.3 is 20.2 Å².